The van der Waals surface area contributed by atoms with Crippen molar-refractivity contribution in [2.24, 2.45) is 11.8 Å². The van der Waals surface area contributed by atoms with Crippen molar-refractivity contribution < 1.29 is 24.2 Å². The smallest absolute Gasteiger partial charge is 0.407 e. The van der Waals surface area contributed by atoms with Gasteiger partial charge >= 0.3 is 12.1 Å². The molecule has 7 heteroatoms. The van der Waals surface area contributed by atoms with E-state index in [1.807, 2.05) is 31.2 Å². The highest BCUT2D eigenvalue weighted by Crippen LogP contribution is 2.44. The minimum atomic E-state index is -0.882. The molecule has 0 saturated heterocycles. The Morgan fingerprint density at radius 1 is 1.03 bits per heavy atom. The molecule has 1 unspecified atom stereocenters. The van der Waals surface area contributed by atoms with Crippen LogP contribution in [0, 0.1) is 11.8 Å². The topological polar surface area (TPSA) is 105 Å². The van der Waals surface area contributed by atoms with E-state index >= 15 is 0 Å². The van der Waals surface area contributed by atoms with Crippen LogP contribution in [-0.4, -0.2) is 42.3 Å². The molecule has 0 heterocycles. The number of rotatable bonds is 11. The summed E-state index contributed by atoms with van der Waals surface area (Å²) in [6.07, 6.45) is 2.70. The number of fused-ring (bicyclic) bond motifs is 3. The molecular weight excluding hydrogens is 432 g/mol. The van der Waals surface area contributed by atoms with Gasteiger partial charge in [-0.15, -0.1) is 0 Å². The fourth-order valence-corrected chi connectivity index (χ4v) is 4.68. The zero-order valence-corrected chi connectivity index (χ0v) is 19.5. The van der Waals surface area contributed by atoms with Crippen molar-refractivity contribution in [1.82, 2.24) is 10.6 Å². The van der Waals surface area contributed by atoms with E-state index in [0.717, 1.165) is 35.1 Å². The first-order valence-corrected chi connectivity index (χ1v) is 12.1. The van der Waals surface area contributed by atoms with Gasteiger partial charge in [0.15, 0.2) is 0 Å². The number of hydrogen-bond acceptors (Lipinski definition) is 4. The Kier molecular flexibility index (Phi) is 7.50. The molecule has 4 rings (SSSR count). The van der Waals surface area contributed by atoms with Gasteiger partial charge < -0.3 is 20.5 Å². The number of carboxylic acid groups (broad SMARTS) is 1. The summed E-state index contributed by atoms with van der Waals surface area (Å²) in [5, 5.41) is 14.6. The second-order valence-corrected chi connectivity index (χ2v) is 9.32. The Bertz CT molecular complexity index is 1000. The maximum Gasteiger partial charge on any atom is 0.407 e. The van der Waals surface area contributed by atoms with Crippen LogP contribution in [0.15, 0.2) is 48.5 Å². The molecule has 34 heavy (non-hydrogen) atoms. The zero-order valence-electron chi connectivity index (χ0n) is 19.5. The lowest BCUT2D eigenvalue weighted by molar-refractivity contribution is -0.138. The summed E-state index contributed by atoms with van der Waals surface area (Å²) in [6.45, 7) is 2.36. The molecule has 0 bridgehead atoms. The normalized spacial score (nSPS) is 16.1. The van der Waals surface area contributed by atoms with Gasteiger partial charge in [-0.2, -0.15) is 0 Å². The standard InChI is InChI=1S/C27H32N2O5/c1-2-17(14-25(30)31)15-28-26(32)24(13-18-11-12-18)29-27(33)34-16-23-21-9-5-3-7-19(21)20-8-4-6-10-22(20)23/h3-10,17-18,23-24H,2,11-16H2,1H3,(H,28,32)(H,29,33)(H,30,31)/t17?,24-/m0/s1. The highest BCUT2D eigenvalue weighted by atomic mass is 16.5. The first-order valence-electron chi connectivity index (χ1n) is 12.1. The maximum atomic E-state index is 12.8. The molecule has 2 aliphatic carbocycles. The Morgan fingerprint density at radius 2 is 1.65 bits per heavy atom. The molecule has 0 spiro atoms. The molecule has 1 saturated carbocycles. The summed E-state index contributed by atoms with van der Waals surface area (Å²) in [5.74, 6) is -0.935. The number of carbonyl (C=O) groups is 3. The van der Waals surface area contributed by atoms with E-state index in [1.165, 1.54) is 0 Å². The number of nitrogens with one attached hydrogen (secondary N) is 2. The van der Waals surface area contributed by atoms with Gasteiger partial charge in [-0.05, 0) is 40.5 Å². The molecule has 2 amide bonds. The lowest BCUT2D eigenvalue weighted by Crippen LogP contribution is -2.48. The van der Waals surface area contributed by atoms with Crippen LogP contribution in [0.3, 0.4) is 0 Å². The van der Waals surface area contributed by atoms with E-state index in [-0.39, 0.29) is 37.3 Å². The minimum absolute atomic E-state index is 0.00385. The van der Waals surface area contributed by atoms with E-state index in [9.17, 15) is 14.4 Å². The van der Waals surface area contributed by atoms with Crippen LogP contribution in [0.1, 0.15) is 56.1 Å². The molecule has 2 aromatic rings. The van der Waals surface area contributed by atoms with Crippen molar-refractivity contribution in [1.29, 1.82) is 0 Å². The molecule has 2 aliphatic rings. The zero-order chi connectivity index (χ0) is 24.1. The van der Waals surface area contributed by atoms with E-state index in [2.05, 4.69) is 34.9 Å². The predicted molar refractivity (Wildman–Crippen MR) is 128 cm³/mol. The summed E-state index contributed by atoms with van der Waals surface area (Å²) in [7, 11) is 0. The van der Waals surface area contributed by atoms with E-state index in [1.54, 1.807) is 0 Å². The number of benzene rings is 2. The van der Waals surface area contributed by atoms with Gasteiger partial charge in [0.25, 0.3) is 0 Å². The van der Waals surface area contributed by atoms with Crippen molar-refractivity contribution in [3.8, 4) is 11.1 Å². The first kappa shape index (κ1) is 23.8. The number of alkyl carbamates (subject to hydrolysis) is 1. The number of ether oxygens (including phenoxy) is 1. The van der Waals surface area contributed by atoms with E-state index in [4.69, 9.17) is 9.84 Å². The van der Waals surface area contributed by atoms with Crippen LogP contribution in [0.4, 0.5) is 4.79 Å². The summed E-state index contributed by atoms with van der Waals surface area (Å²) in [5.41, 5.74) is 4.58. The van der Waals surface area contributed by atoms with Crippen LogP contribution in [0.25, 0.3) is 11.1 Å². The maximum absolute atomic E-state index is 12.8. The Labute approximate surface area is 199 Å². The average molecular weight is 465 g/mol. The molecule has 3 N–H and O–H groups in total. The number of carboxylic acids is 1. The highest BCUT2D eigenvalue weighted by molar-refractivity contribution is 5.86. The summed E-state index contributed by atoms with van der Waals surface area (Å²) < 4.78 is 5.61. The quantitative estimate of drug-likeness (QED) is 0.460. The second kappa shape index (κ2) is 10.7. The van der Waals surface area contributed by atoms with Crippen LogP contribution >= 0.6 is 0 Å². The Balaban J connectivity index is 1.35. The molecule has 180 valence electrons. The SMILES string of the molecule is CCC(CNC(=O)[C@H](CC1CC1)NC(=O)OCC1c2ccccc2-c2ccccc21)CC(=O)O. The molecule has 0 radical (unpaired) electrons. The Hall–Kier alpha value is -3.35. The average Bonchev–Trinajstić information content (AvgIpc) is 3.60. The number of carbonyl (C=O) groups excluding carboxylic acids is 2. The number of aliphatic carboxylic acids is 1. The molecule has 2 aromatic carbocycles. The molecular formula is C27H32N2O5. The van der Waals surface area contributed by atoms with Gasteiger partial charge in [0.2, 0.25) is 5.91 Å². The predicted octanol–water partition coefficient (Wildman–Crippen LogP) is 4.31. The third-order valence-electron chi connectivity index (χ3n) is 6.82. The van der Waals surface area contributed by atoms with E-state index in [0.29, 0.717) is 18.8 Å². The minimum Gasteiger partial charge on any atom is -0.481 e. The molecule has 7 nitrogen and oxygen atoms in total. The van der Waals surface area contributed by atoms with Gasteiger partial charge in [-0.25, -0.2) is 4.79 Å². The monoisotopic (exact) mass is 464 g/mol. The summed E-state index contributed by atoms with van der Waals surface area (Å²) >= 11 is 0. The molecule has 2 atom stereocenters. The van der Waals surface area contributed by atoms with Crippen molar-refractivity contribution in [2.75, 3.05) is 13.2 Å². The van der Waals surface area contributed by atoms with Gasteiger partial charge in [0.05, 0.1) is 0 Å². The third kappa shape index (κ3) is 5.76. The van der Waals surface area contributed by atoms with Crippen LogP contribution in [-0.2, 0) is 14.3 Å². The van der Waals surface area contributed by atoms with Gasteiger partial charge in [-0.1, -0.05) is 74.7 Å². The summed E-state index contributed by atoms with van der Waals surface area (Å²) in [4.78, 5) is 36.5. The fraction of sp³-hybridized carbons (Fsp3) is 0.444. The van der Waals surface area contributed by atoms with Gasteiger partial charge in [0, 0.05) is 18.9 Å². The van der Waals surface area contributed by atoms with Gasteiger partial charge in [0.1, 0.15) is 12.6 Å². The second-order valence-electron chi connectivity index (χ2n) is 9.32. The van der Waals surface area contributed by atoms with Crippen molar-refractivity contribution in [3.05, 3.63) is 59.7 Å². The number of amides is 2. The third-order valence-corrected chi connectivity index (χ3v) is 6.82. The van der Waals surface area contributed by atoms with Crippen molar-refractivity contribution in [2.45, 2.75) is 51.0 Å². The Morgan fingerprint density at radius 3 is 2.21 bits per heavy atom. The largest absolute Gasteiger partial charge is 0.481 e. The summed E-state index contributed by atoms with van der Waals surface area (Å²) in [6, 6.07) is 15.6. The lowest BCUT2D eigenvalue weighted by atomic mass is 9.98. The van der Waals surface area contributed by atoms with Crippen LogP contribution in [0.2, 0.25) is 0 Å². The van der Waals surface area contributed by atoms with Crippen molar-refractivity contribution in [3.63, 3.8) is 0 Å². The first-order chi connectivity index (χ1) is 16.5. The van der Waals surface area contributed by atoms with Crippen LogP contribution in [0.5, 0.6) is 0 Å². The van der Waals surface area contributed by atoms with Crippen molar-refractivity contribution >= 4 is 18.0 Å². The lowest BCUT2D eigenvalue weighted by Gasteiger charge is -2.21. The van der Waals surface area contributed by atoms with Crippen LogP contribution < -0.4 is 10.6 Å². The van der Waals surface area contributed by atoms with E-state index < -0.39 is 18.1 Å². The fourth-order valence-electron chi connectivity index (χ4n) is 4.68. The molecule has 0 aliphatic heterocycles. The molecule has 1 fully saturated rings. The molecule has 0 aromatic heterocycles. The van der Waals surface area contributed by atoms with Gasteiger partial charge in [-0.3, -0.25) is 9.59 Å². The highest BCUT2D eigenvalue weighted by Gasteiger charge is 2.32. The number of hydrogen-bond donors (Lipinski definition) is 3.